The van der Waals surface area contributed by atoms with Crippen LogP contribution in [-0.2, 0) is 19.3 Å². The smallest absolute Gasteiger partial charge is 0.364 e. The zero-order valence-electron chi connectivity index (χ0n) is 15.5. The summed E-state index contributed by atoms with van der Waals surface area (Å²) < 4.78 is 9.65. The number of aromatic nitrogens is 2. The fourth-order valence-electron chi connectivity index (χ4n) is 3.07. The third-order valence-electron chi connectivity index (χ3n) is 4.57. The van der Waals surface area contributed by atoms with Crippen LogP contribution in [0.25, 0.3) is 11.1 Å². The van der Waals surface area contributed by atoms with Crippen LogP contribution in [0, 0.1) is 0 Å². The van der Waals surface area contributed by atoms with Crippen LogP contribution in [0.15, 0.2) is 43.8 Å². The average Bonchev–Trinajstić information content (AvgIpc) is 3.45. The van der Waals surface area contributed by atoms with E-state index in [9.17, 15) is 9.59 Å². The predicted octanol–water partition coefficient (Wildman–Crippen LogP) is 2.59. The van der Waals surface area contributed by atoms with Gasteiger partial charge in [-0.1, -0.05) is 33.5 Å². The summed E-state index contributed by atoms with van der Waals surface area (Å²) in [6, 6.07) is 3.30. The molecule has 12 heteroatoms. The lowest BCUT2D eigenvalue weighted by molar-refractivity contribution is -0.215. The van der Waals surface area contributed by atoms with E-state index in [2.05, 4.69) is 10.3 Å². The Hall–Kier alpha value is -2.66. The summed E-state index contributed by atoms with van der Waals surface area (Å²) in [6.07, 6.45) is 3.70. The summed E-state index contributed by atoms with van der Waals surface area (Å²) in [5.41, 5.74) is 2.40. The second-order valence-electron chi connectivity index (χ2n) is 6.52. The molecule has 4 heterocycles. The minimum atomic E-state index is -1.14. The van der Waals surface area contributed by atoms with Crippen LogP contribution in [-0.4, -0.2) is 58.6 Å². The Balaban J connectivity index is 1.33. The number of hydrogen-bond donors (Lipinski definition) is 0. The summed E-state index contributed by atoms with van der Waals surface area (Å²) >= 11 is 12.5. The summed E-state index contributed by atoms with van der Waals surface area (Å²) in [4.78, 5) is 34.8. The molecule has 10 nitrogen and oxygen atoms in total. The van der Waals surface area contributed by atoms with E-state index < -0.39 is 11.9 Å². The molecule has 2 aliphatic heterocycles. The fourth-order valence-corrected chi connectivity index (χ4v) is 3.55. The fraction of sp³-hybridized carbons (Fsp3) is 0.333. The highest BCUT2D eigenvalue weighted by Gasteiger charge is 2.30. The van der Waals surface area contributed by atoms with Crippen molar-refractivity contribution in [2.24, 2.45) is 0 Å². The number of carbonyl (C=O) groups excluding carboxylic acids is 2. The van der Waals surface area contributed by atoms with Gasteiger partial charge in [0.05, 0.1) is 13.1 Å². The van der Waals surface area contributed by atoms with Gasteiger partial charge in [0.15, 0.2) is 0 Å². The number of hydrogen-bond acceptors (Lipinski definition) is 10. The van der Waals surface area contributed by atoms with E-state index in [4.69, 9.17) is 41.9 Å². The lowest BCUT2D eigenvalue weighted by Crippen LogP contribution is -2.40. The molecule has 0 N–H and O–H groups in total. The van der Waals surface area contributed by atoms with Crippen LogP contribution in [0.5, 0.6) is 0 Å². The van der Waals surface area contributed by atoms with Gasteiger partial charge in [-0.3, -0.25) is 0 Å². The minimum absolute atomic E-state index is 0.169. The molecule has 0 aliphatic carbocycles. The highest BCUT2D eigenvalue weighted by Crippen LogP contribution is 2.29. The van der Waals surface area contributed by atoms with Crippen molar-refractivity contribution in [2.75, 3.05) is 26.2 Å². The van der Waals surface area contributed by atoms with Gasteiger partial charge >= 0.3 is 11.9 Å². The molecule has 0 amide bonds. The quantitative estimate of drug-likeness (QED) is 0.638. The van der Waals surface area contributed by atoms with Crippen molar-refractivity contribution in [3.8, 4) is 0 Å². The van der Waals surface area contributed by atoms with Gasteiger partial charge in [-0.2, -0.15) is 0 Å². The Bertz CT molecular complexity index is 906. The third-order valence-corrected chi connectivity index (χ3v) is 5.40. The molecule has 0 saturated heterocycles. The van der Waals surface area contributed by atoms with Gasteiger partial charge in [-0.15, -0.1) is 10.1 Å². The van der Waals surface area contributed by atoms with Crippen molar-refractivity contribution >= 4 is 46.3 Å². The maximum atomic E-state index is 12.2. The zero-order chi connectivity index (χ0) is 21.1. The first-order valence-corrected chi connectivity index (χ1v) is 9.77. The van der Waals surface area contributed by atoms with E-state index >= 15 is 0 Å². The van der Waals surface area contributed by atoms with Crippen LogP contribution in [0.3, 0.4) is 0 Å². The summed E-state index contributed by atoms with van der Waals surface area (Å²) in [7, 11) is 0. The first kappa shape index (κ1) is 20.6. The van der Waals surface area contributed by atoms with E-state index in [-0.39, 0.29) is 13.1 Å². The third kappa shape index (κ3) is 4.57. The van der Waals surface area contributed by atoms with Crippen molar-refractivity contribution in [2.45, 2.75) is 12.8 Å². The maximum Gasteiger partial charge on any atom is 0.438 e. The summed E-state index contributed by atoms with van der Waals surface area (Å²) in [5, 5.41) is 11.5. The second-order valence-corrected chi connectivity index (χ2v) is 7.43. The summed E-state index contributed by atoms with van der Waals surface area (Å²) in [5.74, 6) is -2.28. The largest absolute Gasteiger partial charge is 0.438 e. The Morgan fingerprint density at radius 1 is 0.833 bits per heavy atom. The van der Waals surface area contributed by atoms with Gasteiger partial charge in [-0.05, 0) is 12.8 Å². The van der Waals surface area contributed by atoms with Crippen molar-refractivity contribution in [1.82, 2.24) is 20.4 Å². The second kappa shape index (κ2) is 9.00. The van der Waals surface area contributed by atoms with Gasteiger partial charge in [0.2, 0.25) is 0 Å². The zero-order valence-corrected chi connectivity index (χ0v) is 17.1. The van der Waals surface area contributed by atoms with E-state index in [1.54, 1.807) is 12.1 Å². The summed E-state index contributed by atoms with van der Waals surface area (Å²) in [6.45, 7) is 1.00. The molecule has 0 bridgehead atoms. The maximum absolute atomic E-state index is 12.2. The van der Waals surface area contributed by atoms with Crippen molar-refractivity contribution in [3.63, 3.8) is 0 Å². The van der Waals surface area contributed by atoms with Crippen molar-refractivity contribution in [1.29, 1.82) is 0 Å². The Morgan fingerprint density at radius 3 is 1.63 bits per heavy atom. The van der Waals surface area contributed by atoms with Crippen LogP contribution in [0.2, 0.25) is 0 Å². The number of hydroxylamine groups is 4. The van der Waals surface area contributed by atoms with E-state index in [0.717, 1.165) is 0 Å². The number of halogens is 2. The molecule has 0 spiro atoms. The topological polar surface area (TPSA) is 111 Å². The molecule has 0 saturated carbocycles. The number of rotatable bonds is 4. The lowest BCUT2D eigenvalue weighted by Gasteiger charge is -2.28. The molecule has 2 aromatic heterocycles. The van der Waals surface area contributed by atoms with Gasteiger partial charge in [0.1, 0.15) is 23.9 Å². The SMILES string of the molecule is O=C(ON1CCC(Cl)=C(c2ccon2)C1)C(=O)ON1CCC(Cl)=C(c2ccon2)C1. The van der Waals surface area contributed by atoms with Crippen LogP contribution >= 0.6 is 23.2 Å². The number of nitrogens with zero attached hydrogens (tertiary/aromatic N) is 4. The monoisotopic (exact) mass is 454 g/mol. The molecular formula is C18H16Cl2N4O6. The van der Waals surface area contributed by atoms with Crippen molar-refractivity contribution in [3.05, 3.63) is 46.1 Å². The first-order chi connectivity index (χ1) is 14.5. The molecule has 2 aliphatic rings. The molecule has 30 heavy (non-hydrogen) atoms. The van der Waals surface area contributed by atoms with E-state index in [1.807, 2.05) is 0 Å². The highest BCUT2D eigenvalue weighted by atomic mass is 35.5. The molecule has 2 aromatic rings. The Morgan fingerprint density at radius 2 is 1.27 bits per heavy atom. The molecular weight excluding hydrogens is 439 g/mol. The van der Waals surface area contributed by atoms with E-state index in [0.29, 0.717) is 58.5 Å². The van der Waals surface area contributed by atoms with Crippen LogP contribution < -0.4 is 0 Å². The molecule has 0 atom stereocenters. The predicted molar refractivity (Wildman–Crippen MR) is 103 cm³/mol. The van der Waals surface area contributed by atoms with Crippen molar-refractivity contribution < 1.29 is 28.3 Å². The Labute approximate surface area is 180 Å². The normalized spacial score (nSPS) is 18.6. The lowest BCUT2D eigenvalue weighted by atomic mass is 10.1. The first-order valence-electron chi connectivity index (χ1n) is 9.02. The minimum Gasteiger partial charge on any atom is -0.364 e. The Kier molecular flexibility index (Phi) is 6.18. The molecule has 0 aromatic carbocycles. The van der Waals surface area contributed by atoms with Gasteiger partial charge in [0.25, 0.3) is 0 Å². The molecule has 0 radical (unpaired) electrons. The molecule has 0 unspecified atom stereocenters. The number of carbonyl (C=O) groups is 2. The van der Waals surface area contributed by atoms with Gasteiger partial charge < -0.3 is 18.7 Å². The standard InChI is InChI=1S/C18H16Cl2N4O6/c19-13-1-5-23(9-11(13)15-3-7-27-21-15)29-17(25)18(26)30-24-6-2-14(20)12(10-24)16-4-8-28-22-16/h3-4,7-8H,1-2,5-6,9-10H2. The van der Waals surface area contributed by atoms with Crippen LogP contribution in [0.1, 0.15) is 24.2 Å². The van der Waals surface area contributed by atoms with Gasteiger partial charge in [0, 0.05) is 46.4 Å². The molecule has 158 valence electrons. The molecule has 0 fully saturated rings. The highest BCUT2D eigenvalue weighted by molar-refractivity contribution is 6.33. The van der Waals surface area contributed by atoms with Gasteiger partial charge in [-0.25, -0.2) is 9.59 Å². The average molecular weight is 455 g/mol. The van der Waals surface area contributed by atoms with Crippen LogP contribution in [0.4, 0.5) is 0 Å². The van der Waals surface area contributed by atoms with E-state index in [1.165, 1.54) is 22.7 Å². The molecule has 4 rings (SSSR count).